The number of rotatable bonds is 17. The van der Waals surface area contributed by atoms with Crippen LogP contribution in [0, 0.1) is 18.0 Å². The number of terminal acetylenes is 1. The molecule has 0 aliphatic rings. The van der Waals surface area contributed by atoms with Gasteiger partial charge in [0.1, 0.15) is 18.7 Å². The van der Waals surface area contributed by atoms with Crippen molar-refractivity contribution >= 4 is 48.6 Å². The number of amides is 5. The standard InChI is InChI=1S/C31H41N6O8P/c1-6-45-46(43,7-2)37-25-16-12-23(13-17-25)28(39)36-27(20(3)4)30(41)35-26(9-8-18-33-31(32)42)29(40)34-24-14-10-22(11-15-24)19-44-21(5)38/h2,10-17,20,26-27H,6,8-9,18-19H2,1,3-5H3,(H,34,40)(H,35,41)(H,36,39)(H,37,43)(H3,32,33,42)/t26-,27-,46?/m0/s1. The average Bonchev–Trinajstić information content (AvgIpc) is 3.00. The zero-order valence-electron chi connectivity index (χ0n) is 26.3. The number of anilines is 2. The lowest BCUT2D eigenvalue weighted by Gasteiger charge is -2.25. The van der Waals surface area contributed by atoms with Crippen LogP contribution < -0.4 is 32.1 Å². The van der Waals surface area contributed by atoms with Crippen LogP contribution in [0.3, 0.4) is 0 Å². The van der Waals surface area contributed by atoms with Crippen LogP contribution in [-0.2, 0) is 34.8 Å². The Bertz CT molecular complexity index is 1460. The van der Waals surface area contributed by atoms with Crippen molar-refractivity contribution in [2.75, 3.05) is 23.6 Å². The number of esters is 1. The summed E-state index contributed by atoms with van der Waals surface area (Å²) in [6.07, 6.45) is 5.80. The van der Waals surface area contributed by atoms with E-state index in [2.05, 4.69) is 32.0 Å². The Balaban J connectivity index is 2.13. The van der Waals surface area contributed by atoms with Gasteiger partial charge in [-0.1, -0.05) is 26.0 Å². The van der Waals surface area contributed by atoms with Gasteiger partial charge in [0.05, 0.1) is 6.61 Å². The molecular formula is C31H41N6O8P. The van der Waals surface area contributed by atoms with Gasteiger partial charge in [0.15, 0.2) is 0 Å². The van der Waals surface area contributed by atoms with Gasteiger partial charge in [-0.05, 0) is 67.6 Å². The van der Waals surface area contributed by atoms with Gasteiger partial charge in [-0.3, -0.25) is 23.7 Å². The van der Waals surface area contributed by atoms with Gasteiger partial charge >= 0.3 is 19.5 Å². The number of hydrogen-bond donors (Lipinski definition) is 6. The lowest BCUT2D eigenvalue weighted by atomic mass is 10.0. The number of ether oxygens (including phenoxy) is 1. The third kappa shape index (κ3) is 12.6. The quantitative estimate of drug-likeness (QED) is 0.0638. The molecule has 1 unspecified atom stereocenters. The van der Waals surface area contributed by atoms with Crippen molar-refractivity contribution < 1.29 is 37.8 Å². The molecule has 5 amide bonds. The van der Waals surface area contributed by atoms with Crippen molar-refractivity contribution in [3.8, 4) is 12.1 Å². The van der Waals surface area contributed by atoms with Crippen molar-refractivity contribution in [1.29, 1.82) is 0 Å². The molecule has 2 aromatic rings. The zero-order valence-corrected chi connectivity index (χ0v) is 27.1. The summed E-state index contributed by atoms with van der Waals surface area (Å²) in [6, 6.07) is 9.83. The predicted octanol–water partition coefficient (Wildman–Crippen LogP) is 3.31. The number of nitrogens with one attached hydrogen (secondary N) is 5. The maximum Gasteiger partial charge on any atom is 0.367 e. The maximum atomic E-state index is 13.4. The van der Waals surface area contributed by atoms with E-state index in [-0.39, 0.29) is 37.7 Å². The lowest BCUT2D eigenvalue weighted by Crippen LogP contribution is -2.54. The van der Waals surface area contributed by atoms with Crippen LogP contribution in [0.4, 0.5) is 16.2 Å². The second-order valence-corrected chi connectivity index (χ2v) is 12.3. The molecule has 3 atom stereocenters. The lowest BCUT2D eigenvalue weighted by molar-refractivity contribution is -0.142. The Kier molecular flexibility index (Phi) is 14.8. The molecule has 0 spiro atoms. The predicted molar refractivity (Wildman–Crippen MR) is 174 cm³/mol. The first-order valence-corrected chi connectivity index (χ1v) is 16.2. The summed E-state index contributed by atoms with van der Waals surface area (Å²) in [5.74, 6) is -2.44. The molecule has 0 saturated heterocycles. The molecule has 0 aromatic heterocycles. The van der Waals surface area contributed by atoms with Crippen LogP contribution in [0.2, 0.25) is 0 Å². The fourth-order valence-corrected chi connectivity index (χ4v) is 5.11. The Labute approximate surface area is 268 Å². The molecule has 0 fully saturated rings. The van der Waals surface area contributed by atoms with E-state index in [4.69, 9.17) is 21.4 Å². The van der Waals surface area contributed by atoms with Crippen LogP contribution in [0.25, 0.3) is 0 Å². The monoisotopic (exact) mass is 656 g/mol. The van der Waals surface area contributed by atoms with E-state index < -0.39 is 49.3 Å². The molecule has 0 radical (unpaired) electrons. The van der Waals surface area contributed by atoms with Gasteiger partial charge in [-0.2, -0.15) is 0 Å². The zero-order chi connectivity index (χ0) is 34.3. The van der Waals surface area contributed by atoms with Gasteiger partial charge in [0.2, 0.25) is 11.8 Å². The Morgan fingerprint density at radius 3 is 2.13 bits per heavy atom. The van der Waals surface area contributed by atoms with Crippen LogP contribution in [-0.4, -0.2) is 55.0 Å². The molecule has 248 valence electrons. The van der Waals surface area contributed by atoms with Crippen molar-refractivity contribution in [1.82, 2.24) is 16.0 Å². The van der Waals surface area contributed by atoms with Gasteiger partial charge in [-0.15, -0.1) is 6.42 Å². The van der Waals surface area contributed by atoms with E-state index in [1.807, 2.05) is 0 Å². The number of nitrogens with two attached hydrogens (primary N) is 1. The number of benzene rings is 2. The highest BCUT2D eigenvalue weighted by Gasteiger charge is 2.29. The van der Waals surface area contributed by atoms with Crippen molar-refractivity contribution in [3.05, 3.63) is 59.7 Å². The van der Waals surface area contributed by atoms with E-state index in [1.54, 1.807) is 45.0 Å². The minimum Gasteiger partial charge on any atom is -0.461 e. The number of carbonyl (C=O) groups excluding carboxylic acids is 5. The van der Waals surface area contributed by atoms with Crippen LogP contribution in [0.1, 0.15) is 56.5 Å². The molecule has 15 heteroatoms. The summed E-state index contributed by atoms with van der Waals surface area (Å²) in [5, 5.41) is 13.3. The highest BCUT2D eigenvalue weighted by molar-refractivity contribution is 7.65. The number of primary amides is 1. The molecule has 46 heavy (non-hydrogen) atoms. The molecule has 2 rings (SSSR count). The Morgan fingerprint density at radius 1 is 0.957 bits per heavy atom. The molecule has 0 bridgehead atoms. The van der Waals surface area contributed by atoms with Gasteiger partial charge in [-0.25, -0.2) is 4.79 Å². The van der Waals surface area contributed by atoms with Crippen LogP contribution in [0.15, 0.2) is 48.5 Å². The highest BCUT2D eigenvalue weighted by Crippen LogP contribution is 2.45. The summed E-state index contributed by atoms with van der Waals surface area (Å²) in [6.45, 7) is 6.85. The summed E-state index contributed by atoms with van der Waals surface area (Å²) in [5.41, 5.74) is 9.00. The average molecular weight is 657 g/mol. The summed E-state index contributed by atoms with van der Waals surface area (Å²) in [4.78, 5) is 61.9. The molecule has 7 N–H and O–H groups in total. The van der Waals surface area contributed by atoms with Gasteiger partial charge in [0.25, 0.3) is 5.91 Å². The minimum atomic E-state index is -3.53. The second-order valence-electron chi connectivity index (χ2n) is 10.4. The SMILES string of the molecule is C#CP(=O)(Nc1ccc(C(=O)N[C@H](C(=O)N[C@@H](CCCNC(N)=O)C(=O)Nc2ccc(COC(C)=O)cc2)C(C)C)cc1)OCC. The maximum absolute atomic E-state index is 13.4. The fourth-order valence-electron chi connectivity index (χ4n) is 4.06. The van der Waals surface area contributed by atoms with Crippen molar-refractivity contribution in [2.24, 2.45) is 11.7 Å². The number of urea groups is 1. The second kappa shape index (κ2) is 18.2. The fraction of sp³-hybridized carbons (Fsp3) is 0.387. The molecule has 2 aromatic carbocycles. The molecular weight excluding hydrogens is 615 g/mol. The summed E-state index contributed by atoms with van der Waals surface area (Å²) in [7, 11) is -3.53. The minimum absolute atomic E-state index is 0.0835. The van der Waals surface area contributed by atoms with Crippen molar-refractivity contribution in [3.63, 3.8) is 0 Å². The normalized spacial score (nSPS) is 13.2. The van der Waals surface area contributed by atoms with E-state index in [0.717, 1.165) is 5.56 Å². The first-order chi connectivity index (χ1) is 21.8. The van der Waals surface area contributed by atoms with E-state index in [1.165, 1.54) is 31.2 Å². The molecule has 0 aliphatic carbocycles. The number of carbonyl (C=O) groups is 5. The molecule has 0 aliphatic heterocycles. The van der Waals surface area contributed by atoms with Gasteiger partial charge in [0, 0.05) is 36.1 Å². The molecule has 0 saturated carbocycles. The smallest absolute Gasteiger partial charge is 0.367 e. The molecule has 14 nitrogen and oxygen atoms in total. The first-order valence-electron chi connectivity index (χ1n) is 14.5. The number of hydrogen-bond acceptors (Lipinski definition) is 8. The third-order valence-electron chi connectivity index (χ3n) is 6.41. The highest BCUT2D eigenvalue weighted by atomic mass is 31.2. The van der Waals surface area contributed by atoms with Crippen LogP contribution in [0.5, 0.6) is 0 Å². The topological polar surface area (TPSA) is 207 Å². The Morgan fingerprint density at radius 2 is 1.59 bits per heavy atom. The molecule has 0 heterocycles. The van der Waals surface area contributed by atoms with Crippen LogP contribution >= 0.6 is 7.52 Å². The van der Waals surface area contributed by atoms with Crippen molar-refractivity contribution in [2.45, 2.75) is 59.2 Å². The largest absolute Gasteiger partial charge is 0.461 e. The summed E-state index contributed by atoms with van der Waals surface area (Å²) >= 11 is 0. The van der Waals surface area contributed by atoms with Gasteiger partial charge < -0.3 is 41.3 Å². The summed E-state index contributed by atoms with van der Waals surface area (Å²) < 4.78 is 22.6. The third-order valence-corrected chi connectivity index (χ3v) is 7.92. The Hall–Kier alpha value is -4.86. The van der Waals surface area contributed by atoms with E-state index >= 15 is 0 Å². The van der Waals surface area contributed by atoms with E-state index in [0.29, 0.717) is 17.8 Å². The first kappa shape index (κ1) is 37.3. The van der Waals surface area contributed by atoms with E-state index in [9.17, 15) is 28.5 Å².